The van der Waals surface area contributed by atoms with Gasteiger partial charge >= 0.3 is 0 Å². The summed E-state index contributed by atoms with van der Waals surface area (Å²) >= 11 is 8.48. The highest BCUT2D eigenvalue weighted by molar-refractivity contribution is 9.10. The summed E-state index contributed by atoms with van der Waals surface area (Å²) in [6, 6.07) is 14.6. The molecule has 3 N–H and O–H groups in total. The van der Waals surface area contributed by atoms with Gasteiger partial charge < -0.3 is 4.74 Å². The number of aromatic nitrogens is 1. The Morgan fingerprint density at radius 1 is 1.04 bits per heavy atom. The molecule has 3 rings (SSSR count). The van der Waals surface area contributed by atoms with Crippen molar-refractivity contribution in [2.75, 3.05) is 6.61 Å². The number of carbonyl (C=O) groups excluding carboxylic acids is 2. The first kappa shape index (κ1) is 19.7. The molecule has 9 heteroatoms. The highest BCUT2D eigenvalue weighted by Gasteiger charge is 2.10. The number of hydrogen-bond acceptors (Lipinski definition) is 5. The van der Waals surface area contributed by atoms with Crippen molar-refractivity contribution in [3.8, 4) is 5.75 Å². The second-order valence-electron chi connectivity index (χ2n) is 5.58. The Labute approximate surface area is 174 Å². The average Bonchev–Trinajstić information content (AvgIpc) is 2.72. The van der Waals surface area contributed by atoms with Crippen molar-refractivity contribution in [2.24, 2.45) is 0 Å². The van der Waals surface area contributed by atoms with E-state index in [4.69, 9.17) is 17.0 Å². The summed E-state index contributed by atoms with van der Waals surface area (Å²) in [4.78, 5) is 27.7. The third-order valence-electron chi connectivity index (χ3n) is 3.67. The number of thiocarbonyl (C=S) groups is 1. The molecule has 0 aliphatic rings. The number of fused-ring (bicyclic) bond motifs is 1. The Hall–Kier alpha value is -3.04. The molecule has 0 radical (unpaired) electrons. The zero-order valence-corrected chi connectivity index (χ0v) is 16.8. The van der Waals surface area contributed by atoms with Crippen LogP contribution in [0.5, 0.6) is 5.75 Å². The topological polar surface area (TPSA) is 92.4 Å². The average molecular weight is 459 g/mol. The van der Waals surface area contributed by atoms with Gasteiger partial charge in [-0.25, -0.2) is 0 Å². The van der Waals surface area contributed by atoms with Gasteiger partial charge in [0.1, 0.15) is 5.75 Å². The fourth-order valence-electron chi connectivity index (χ4n) is 2.35. The number of pyridine rings is 1. The van der Waals surface area contributed by atoms with Crippen LogP contribution in [-0.2, 0) is 4.79 Å². The maximum absolute atomic E-state index is 12.0. The maximum atomic E-state index is 12.0. The van der Waals surface area contributed by atoms with Crippen LogP contribution in [0.25, 0.3) is 10.8 Å². The third kappa shape index (κ3) is 5.02. The van der Waals surface area contributed by atoms with E-state index in [1.807, 2.05) is 30.3 Å². The second-order valence-corrected chi connectivity index (χ2v) is 6.78. The summed E-state index contributed by atoms with van der Waals surface area (Å²) in [7, 11) is 0. The van der Waals surface area contributed by atoms with E-state index >= 15 is 0 Å². The Morgan fingerprint density at radius 2 is 1.79 bits per heavy atom. The van der Waals surface area contributed by atoms with Crippen LogP contribution in [-0.4, -0.2) is 28.5 Å². The smallest absolute Gasteiger partial charge is 0.269 e. The van der Waals surface area contributed by atoms with Gasteiger partial charge in [0.25, 0.3) is 11.8 Å². The molecule has 7 nitrogen and oxygen atoms in total. The number of carbonyl (C=O) groups is 2. The van der Waals surface area contributed by atoms with Crippen LogP contribution < -0.4 is 20.9 Å². The predicted molar refractivity (Wildman–Crippen MR) is 113 cm³/mol. The second kappa shape index (κ2) is 9.25. The molecule has 0 aliphatic carbocycles. The van der Waals surface area contributed by atoms with Crippen LogP contribution in [0.3, 0.4) is 0 Å². The summed E-state index contributed by atoms with van der Waals surface area (Å²) in [5, 5.41) is 4.42. The number of ether oxygens (including phenoxy) is 1. The van der Waals surface area contributed by atoms with E-state index in [2.05, 4.69) is 37.1 Å². The van der Waals surface area contributed by atoms with E-state index in [-0.39, 0.29) is 11.7 Å². The van der Waals surface area contributed by atoms with E-state index in [9.17, 15) is 9.59 Å². The van der Waals surface area contributed by atoms with Crippen molar-refractivity contribution in [1.82, 2.24) is 21.2 Å². The van der Waals surface area contributed by atoms with E-state index in [0.717, 1.165) is 15.2 Å². The molecule has 0 saturated heterocycles. The molecule has 0 aliphatic heterocycles. The van der Waals surface area contributed by atoms with E-state index in [0.29, 0.717) is 11.3 Å². The van der Waals surface area contributed by atoms with Crippen LogP contribution in [0, 0.1) is 0 Å². The zero-order chi connectivity index (χ0) is 19.9. The first-order valence-electron chi connectivity index (χ1n) is 8.15. The SMILES string of the molecule is O=C(COc1ccc2ccccc2c1Br)NC(=S)NNC(=O)c1ccncc1. The lowest BCUT2D eigenvalue weighted by Crippen LogP contribution is -2.49. The van der Waals surface area contributed by atoms with Crippen LogP contribution in [0.1, 0.15) is 10.4 Å². The molecule has 0 bridgehead atoms. The normalized spacial score (nSPS) is 10.2. The number of hydrogen-bond donors (Lipinski definition) is 3. The molecular weight excluding hydrogens is 444 g/mol. The number of amides is 2. The monoisotopic (exact) mass is 458 g/mol. The minimum absolute atomic E-state index is 0.0476. The van der Waals surface area contributed by atoms with Gasteiger partial charge in [-0.15, -0.1) is 0 Å². The summed E-state index contributed by atoms with van der Waals surface area (Å²) in [5.41, 5.74) is 5.25. The summed E-state index contributed by atoms with van der Waals surface area (Å²) < 4.78 is 6.33. The van der Waals surface area contributed by atoms with Crippen molar-refractivity contribution in [3.63, 3.8) is 0 Å². The lowest BCUT2D eigenvalue weighted by Gasteiger charge is -2.12. The molecule has 1 aromatic heterocycles. The van der Waals surface area contributed by atoms with Crippen molar-refractivity contribution in [3.05, 3.63) is 71.0 Å². The lowest BCUT2D eigenvalue weighted by molar-refractivity contribution is -0.121. The third-order valence-corrected chi connectivity index (χ3v) is 4.69. The molecule has 1 heterocycles. The van der Waals surface area contributed by atoms with Crippen LogP contribution in [0.2, 0.25) is 0 Å². The quantitative estimate of drug-likeness (QED) is 0.411. The standard InChI is InChI=1S/C19H15BrN4O3S/c20-17-14-4-2-1-3-12(14)5-6-15(17)27-11-16(25)22-19(28)24-23-18(26)13-7-9-21-10-8-13/h1-10H,11H2,(H,23,26)(H2,22,24,25,28). The molecule has 0 saturated carbocycles. The van der Waals surface area contributed by atoms with E-state index in [1.54, 1.807) is 18.2 Å². The number of rotatable bonds is 4. The van der Waals surface area contributed by atoms with Crippen molar-refractivity contribution >= 4 is 55.8 Å². The molecular formula is C19H15BrN4O3S. The van der Waals surface area contributed by atoms with Crippen molar-refractivity contribution in [1.29, 1.82) is 0 Å². The van der Waals surface area contributed by atoms with Crippen LogP contribution in [0.15, 0.2) is 65.4 Å². The highest BCUT2D eigenvalue weighted by Crippen LogP contribution is 2.32. The van der Waals surface area contributed by atoms with Crippen LogP contribution in [0.4, 0.5) is 0 Å². The van der Waals surface area contributed by atoms with E-state index in [1.165, 1.54) is 12.4 Å². The maximum Gasteiger partial charge on any atom is 0.269 e. The Morgan fingerprint density at radius 3 is 2.57 bits per heavy atom. The molecule has 0 unspecified atom stereocenters. The summed E-state index contributed by atoms with van der Waals surface area (Å²) in [6.45, 7) is -0.239. The molecule has 0 fully saturated rings. The van der Waals surface area contributed by atoms with Gasteiger partial charge in [-0.3, -0.25) is 30.7 Å². The zero-order valence-electron chi connectivity index (χ0n) is 14.4. The van der Waals surface area contributed by atoms with Gasteiger partial charge in [-0.2, -0.15) is 0 Å². The number of nitrogens with one attached hydrogen (secondary N) is 3. The number of hydrazine groups is 1. The van der Waals surface area contributed by atoms with Gasteiger partial charge in [-0.05, 0) is 57.1 Å². The minimum Gasteiger partial charge on any atom is -0.483 e. The number of nitrogens with zero attached hydrogens (tertiary/aromatic N) is 1. The summed E-state index contributed by atoms with van der Waals surface area (Å²) in [5.74, 6) is -0.329. The van der Waals surface area contributed by atoms with Crippen LogP contribution >= 0.6 is 28.1 Å². The Bertz CT molecular complexity index is 1030. The molecule has 3 aromatic rings. The molecule has 0 atom stereocenters. The molecule has 0 spiro atoms. The fourth-order valence-corrected chi connectivity index (χ4v) is 3.12. The number of halogens is 1. The van der Waals surface area contributed by atoms with Gasteiger partial charge in [0.05, 0.1) is 4.47 Å². The van der Waals surface area contributed by atoms with Gasteiger partial charge in [0, 0.05) is 18.0 Å². The Kier molecular flexibility index (Phi) is 6.51. The van der Waals surface area contributed by atoms with Gasteiger partial charge in [0.2, 0.25) is 0 Å². The van der Waals surface area contributed by atoms with E-state index < -0.39 is 11.8 Å². The van der Waals surface area contributed by atoms with Crippen molar-refractivity contribution < 1.29 is 14.3 Å². The Balaban J connectivity index is 1.48. The van der Waals surface area contributed by atoms with Gasteiger partial charge in [-0.1, -0.05) is 30.3 Å². The fraction of sp³-hybridized carbons (Fsp3) is 0.0526. The molecule has 2 aromatic carbocycles. The van der Waals surface area contributed by atoms with Crippen molar-refractivity contribution in [2.45, 2.75) is 0 Å². The van der Waals surface area contributed by atoms with Gasteiger partial charge in [0.15, 0.2) is 11.7 Å². The predicted octanol–water partition coefficient (Wildman–Crippen LogP) is 2.71. The molecule has 2 amide bonds. The molecule has 142 valence electrons. The molecule has 28 heavy (non-hydrogen) atoms. The number of benzene rings is 2. The highest BCUT2D eigenvalue weighted by atomic mass is 79.9. The largest absolute Gasteiger partial charge is 0.483 e. The lowest BCUT2D eigenvalue weighted by atomic mass is 10.1. The first-order valence-corrected chi connectivity index (χ1v) is 9.35. The minimum atomic E-state index is -0.462. The summed E-state index contributed by atoms with van der Waals surface area (Å²) in [6.07, 6.45) is 2.99. The first-order chi connectivity index (χ1) is 13.5.